The second-order valence-electron chi connectivity index (χ2n) is 9.54. The minimum Gasteiger partial charge on any atom is -0.481 e. The van der Waals surface area contributed by atoms with Crippen molar-refractivity contribution in [3.63, 3.8) is 0 Å². The van der Waals surface area contributed by atoms with Crippen LogP contribution in [0.2, 0.25) is 0 Å². The average Bonchev–Trinajstić information content (AvgIpc) is 2.69. The summed E-state index contributed by atoms with van der Waals surface area (Å²) in [4.78, 5) is 33.7. The van der Waals surface area contributed by atoms with Crippen molar-refractivity contribution in [3.05, 3.63) is 0 Å². The lowest BCUT2D eigenvalue weighted by Gasteiger charge is -2.18. The van der Waals surface area contributed by atoms with Gasteiger partial charge in [-0.2, -0.15) is 0 Å². The predicted octanol–water partition coefficient (Wildman–Crippen LogP) is 3.86. The summed E-state index contributed by atoms with van der Waals surface area (Å²) < 4.78 is 0. The molecule has 0 bridgehead atoms. The van der Waals surface area contributed by atoms with Gasteiger partial charge in [0.1, 0.15) is 5.78 Å². The average molecular weight is 429 g/mol. The zero-order valence-electron chi connectivity index (χ0n) is 19.5. The largest absolute Gasteiger partial charge is 0.481 e. The van der Waals surface area contributed by atoms with Crippen LogP contribution in [0.4, 0.5) is 0 Å². The number of hydrogen-bond acceptors (Lipinski definition) is 5. The van der Waals surface area contributed by atoms with Gasteiger partial charge < -0.3 is 20.8 Å². The van der Waals surface area contributed by atoms with E-state index < -0.39 is 22.8 Å². The number of Topliss-reactive ketones (excluding diaryl/α,β-unsaturated/α-hetero) is 1. The Labute approximate surface area is 182 Å². The Morgan fingerprint density at radius 1 is 0.633 bits per heavy atom. The summed E-state index contributed by atoms with van der Waals surface area (Å²) in [5, 5.41) is 24.5. The van der Waals surface area contributed by atoms with Crippen molar-refractivity contribution in [2.45, 2.75) is 91.9 Å². The summed E-state index contributed by atoms with van der Waals surface area (Å²) in [5.41, 5.74) is -1.37. The van der Waals surface area contributed by atoms with Gasteiger partial charge in [0.25, 0.3) is 0 Å². The number of rotatable bonds is 14. The summed E-state index contributed by atoms with van der Waals surface area (Å²) in [7, 11) is 0. The van der Waals surface area contributed by atoms with Gasteiger partial charge in [-0.25, -0.2) is 0 Å². The molecule has 7 heteroatoms. The second kappa shape index (κ2) is 15.3. The lowest BCUT2D eigenvalue weighted by molar-refractivity contribution is -0.148. The van der Waals surface area contributed by atoms with E-state index >= 15 is 0 Å². The molecule has 0 radical (unpaired) electrons. The van der Waals surface area contributed by atoms with Gasteiger partial charge in [0.2, 0.25) is 0 Å². The Bertz CT molecular complexity index is 464. The molecule has 0 aromatic heterocycles. The minimum absolute atomic E-state index is 0.255. The Morgan fingerprint density at radius 3 is 1.23 bits per heavy atom. The number of carboxylic acids is 2. The number of carbonyl (C=O) groups is 3. The highest BCUT2D eigenvalue weighted by molar-refractivity contribution is 5.78. The molecule has 1 aliphatic rings. The van der Waals surface area contributed by atoms with Crippen molar-refractivity contribution in [2.75, 3.05) is 26.2 Å². The van der Waals surface area contributed by atoms with Gasteiger partial charge in [-0.3, -0.25) is 14.4 Å². The monoisotopic (exact) mass is 428 g/mol. The smallest absolute Gasteiger partial charge is 0.309 e. The van der Waals surface area contributed by atoms with E-state index in [4.69, 9.17) is 10.2 Å². The maximum Gasteiger partial charge on any atom is 0.309 e. The van der Waals surface area contributed by atoms with Crippen LogP contribution >= 0.6 is 0 Å². The Balaban J connectivity index is 0.00000118. The van der Waals surface area contributed by atoms with Gasteiger partial charge in [0, 0.05) is 39.0 Å². The Kier molecular flexibility index (Phi) is 14.6. The second-order valence-corrected chi connectivity index (χ2v) is 9.54. The zero-order chi connectivity index (χ0) is 23.0. The summed E-state index contributed by atoms with van der Waals surface area (Å²) in [6.45, 7) is 11.5. The quantitative estimate of drug-likeness (QED) is 0.310. The van der Waals surface area contributed by atoms with Crippen molar-refractivity contribution in [2.24, 2.45) is 10.8 Å². The van der Waals surface area contributed by atoms with E-state index in [9.17, 15) is 14.4 Å². The first-order valence-corrected chi connectivity index (χ1v) is 11.4. The van der Waals surface area contributed by atoms with Crippen molar-refractivity contribution >= 4 is 17.7 Å². The van der Waals surface area contributed by atoms with E-state index in [1.165, 1.54) is 0 Å². The summed E-state index contributed by atoms with van der Waals surface area (Å²) in [6, 6.07) is 0. The van der Waals surface area contributed by atoms with Crippen LogP contribution in [0, 0.1) is 10.8 Å². The molecule has 0 atom stereocenters. The van der Waals surface area contributed by atoms with Gasteiger partial charge in [-0.15, -0.1) is 0 Å². The molecule has 0 aliphatic carbocycles. The summed E-state index contributed by atoms with van der Waals surface area (Å²) >= 11 is 0. The van der Waals surface area contributed by atoms with Crippen LogP contribution in [-0.4, -0.2) is 54.1 Å². The summed E-state index contributed by atoms with van der Waals surface area (Å²) in [6.07, 6.45) is 7.47. The lowest BCUT2D eigenvalue weighted by Crippen LogP contribution is -2.39. The van der Waals surface area contributed by atoms with Crippen LogP contribution in [0.15, 0.2) is 0 Å². The normalized spacial score (nSPS) is 14.5. The summed E-state index contributed by atoms with van der Waals surface area (Å²) in [5.74, 6) is -1.29. The van der Waals surface area contributed by atoms with Crippen LogP contribution in [0.3, 0.4) is 0 Å². The van der Waals surface area contributed by atoms with Crippen molar-refractivity contribution < 1.29 is 24.6 Å². The fourth-order valence-corrected chi connectivity index (χ4v) is 3.07. The van der Waals surface area contributed by atoms with Gasteiger partial charge in [0.05, 0.1) is 10.8 Å². The number of nitrogens with one attached hydrogen (secondary N) is 2. The fourth-order valence-electron chi connectivity index (χ4n) is 3.07. The number of piperazine rings is 1. The van der Waals surface area contributed by atoms with Crippen LogP contribution < -0.4 is 10.6 Å². The molecule has 0 aromatic rings. The first-order valence-electron chi connectivity index (χ1n) is 11.4. The highest BCUT2D eigenvalue weighted by Crippen LogP contribution is 2.25. The van der Waals surface area contributed by atoms with Crippen LogP contribution in [0.5, 0.6) is 0 Å². The molecule has 1 saturated heterocycles. The minimum atomic E-state index is -0.773. The molecule has 30 heavy (non-hydrogen) atoms. The van der Waals surface area contributed by atoms with Gasteiger partial charge in [0.15, 0.2) is 0 Å². The third kappa shape index (κ3) is 14.5. The molecular weight excluding hydrogens is 384 g/mol. The van der Waals surface area contributed by atoms with Gasteiger partial charge in [-0.05, 0) is 53.4 Å². The number of aliphatic carboxylic acids is 2. The molecule has 4 N–H and O–H groups in total. The number of hydrogen-bond donors (Lipinski definition) is 4. The SMILES string of the molecule is C1CNCCN1.CC(C)(CCCCCC(=O)CCCCCC(C)(C)C(=O)O)C(=O)O. The highest BCUT2D eigenvalue weighted by Gasteiger charge is 2.26. The molecule has 0 unspecified atom stereocenters. The van der Waals surface area contributed by atoms with E-state index in [-0.39, 0.29) is 5.78 Å². The van der Waals surface area contributed by atoms with Crippen molar-refractivity contribution in [1.82, 2.24) is 10.6 Å². The maximum atomic E-state index is 11.8. The Morgan fingerprint density at radius 2 is 0.967 bits per heavy atom. The molecule has 1 aliphatic heterocycles. The van der Waals surface area contributed by atoms with Gasteiger partial charge >= 0.3 is 11.9 Å². The van der Waals surface area contributed by atoms with Crippen molar-refractivity contribution in [1.29, 1.82) is 0 Å². The lowest BCUT2D eigenvalue weighted by atomic mass is 9.86. The number of carboxylic acid groups (broad SMARTS) is 2. The predicted molar refractivity (Wildman–Crippen MR) is 120 cm³/mol. The number of carbonyl (C=O) groups excluding carboxylic acids is 1. The van der Waals surface area contributed by atoms with Crippen LogP contribution in [0.1, 0.15) is 91.9 Å². The van der Waals surface area contributed by atoms with E-state index in [0.29, 0.717) is 25.7 Å². The molecule has 0 amide bonds. The van der Waals surface area contributed by atoms with Crippen LogP contribution in [-0.2, 0) is 14.4 Å². The Hall–Kier alpha value is -1.47. The van der Waals surface area contributed by atoms with E-state index in [0.717, 1.165) is 64.7 Å². The number of ketones is 1. The van der Waals surface area contributed by atoms with Crippen LogP contribution in [0.25, 0.3) is 0 Å². The molecule has 0 aromatic carbocycles. The first kappa shape index (κ1) is 28.5. The zero-order valence-corrected chi connectivity index (χ0v) is 19.5. The topological polar surface area (TPSA) is 116 Å². The van der Waals surface area contributed by atoms with E-state index in [1.54, 1.807) is 27.7 Å². The fraction of sp³-hybridized carbons (Fsp3) is 0.870. The molecule has 0 saturated carbocycles. The molecule has 176 valence electrons. The highest BCUT2D eigenvalue weighted by atomic mass is 16.4. The molecule has 1 rings (SSSR count). The molecule has 1 heterocycles. The van der Waals surface area contributed by atoms with Crippen molar-refractivity contribution in [3.8, 4) is 0 Å². The van der Waals surface area contributed by atoms with E-state index in [1.807, 2.05) is 0 Å². The molecule has 7 nitrogen and oxygen atoms in total. The molecule has 1 fully saturated rings. The number of unbranched alkanes of at least 4 members (excludes halogenated alkanes) is 4. The standard InChI is InChI=1S/C19H34O5.C4H10N2/c1-18(2,16(21)22)13-9-5-7-11-15(20)12-8-6-10-14-19(3,4)17(23)24;1-2-6-4-3-5-1/h5-14H2,1-4H3,(H,21,22)(H,23,24);5-6H,1-4H2. The first-order chi connectivity index (χ1) is 14.0. The third-order valence-corrected chi connectivity index (χ3v) is 5.63. The molecular formula is C23H44N2O5. The third-order valence-electron chi connectivity index (χ3n) is 5.63. The molecule has 0 spiro atoms. The van der Waals surface area contributed by atoms with E-state index in [2.05, 4.69) is 10.6 Å². The maximum absolute atomic E-state index is 11.8. The van der Waals surface area contributed by atoms with Gasteiger partial charge in [-0.1, -0.05) is 25.7 Å².